The predicted molar refractivity (Wildman–Crippen MR) is 85.9 cm³/mol. The van der Waals surface area contributed by atoms with Crippen molar-refractivity contribution >= 4 is 46.8 Å². The van der Waals surface area contributed by atoms with Gasteiger partial charge in [-0.3, -0.25) is 0 Å². The summed E-state index contributed by atoms with van der Waals surface area (Å²) in [6.45, 7) is 0. The van der Waals surface area contributed by atoms with Crippen LogP contribution >= 0.6 is 34.8 Å². The van der Waals surface area contributed by atoms with Crippen molar-refractivity contribution in [2.75, 3.05) is 7.11 Å². The summed E-state index contributed by atoms with van der Waals surface area (Å²) in [7, 11) is 1.18. The lowest BCUT2D eigenvalue weighted by atomic mass is 10.2. The van der Waals surface area contributed by atoms with E-state index in [1.165, 1.54) is 37.5 Å². The van der Waals surface area contributed by atoms with Crippen molar-refractivity contribution in [3.8, 4) is 17.8 Å². The molecule has 0 unspecified atom stereocenters. The number of furan rings is 1. The number of carbonyl (C=O) groups excluding carboxylic acids is 1. The van der Waals surface area contributed by atoms with E-state index in [0.717, 1.165) is 0 Å². The molecule has 0 aliphatic heterocycles. The Morgan fingerprint density at radius 1 is 1.22 bits per heavy atom. The highest BCUT2D eigenvalue weighted by molar-refractivity contribution is 6.43. The Balaban J connectivity index is 2.24. The van der Waals surface area contributed by atoms with Gasteiger partial charge in [-0.15, -0.1) is 0 Å². The zero-order valence-electron chi connectivity index (χ0n) is 11.6. The summed E-state index contributed by atoms with van der Waals surface area (Å²) >= 11 is 17.7. The van der Waals surface area contributed by atoms with Gasteiger partial charge in [0.2, 0.25) is 0 Å². The van der Waals surface area contributed by atoms with Crippen molar-refractivity contribution in [3.63, 3.8) is 0 Å². The number of nitriles is 1. The van der Waals surface area contributed by atoms with Crippen LogP contribution in [0.5, 0.6) is 11.7 Å². The largest absolute Gasteiger partial charge is 0.465 e. The Labute approximate surface area is 146 Å². The number of hydrogen-bond donors (Lipinski definition) is 0. The Kier molecular flexibility index (Phi) is 5.56. The Bertz CT molecular complexity index is 821. The summed E-state index contributed by atoms with van der Waals surface area (Å²) in [5.74, 6) is -0.185. The fraction of sp³-hybridized carbons (Fsp3) is 0.0667. The lowest BCUT2D eigenvalue weighted by Crippen LogP contribution is -2.02. The zero-order valence-corrected chi connectivity index (χ0v) is 13.9. The SMILES string of the molecule is COC(=O)C(C#N)=Cc1ccc(Oc2cc(Cl)c(Cl)cc2Cl)o1. The van der Waals surface area contributed by atoms with E-state index in [1.54, 1.807) is 6.07 Å². The van der Waals surface area contributed by atoms with E-state index in [-0.39, 0.29) is 33.1 Å². The first kappa shape index (κ1) is 17.2. The van der Waals surface area contributed by atoms with Gasteiger partial charge in [0.1, 0.15) is 17.4 Å². The molecule has 0 atom stereocenters. The van der Waals surface area contributed by atoms with E-state index in [2.05, 4.69) is 4.74 Å². The highest BCUT2D eigenvalue weighted by atomic mass is 35.5. The average Bonchev–Trinajstić information content (AvgIpc) is 2.96. The van der Waals surface area contributed by atoms with Crippen molar-refractivity contribution in [3.05, 3.63) is 50.7 Å². The molecule has 23 heavy (non-hydrogen) atoms. The van der Waals surface area contributed by atoms with Gasteiger partial charge in [-0.1, -0.05) is 34.8 Å². The molecular formula is C15H8Cl3NO4. The molecule has 5 nitrogen and oxygen atoms in total. The molecule has 0 amide bonds. The highest BCUT2D eigenvalue weighted by Crippen LogP contribution is 2.36. The Morgan fingerprint density at radius 3 is 2.57 bits per heavy atom. The summed E-state index contributed by atoms with van der Waals surface area (Å²) in [5, 5.41) is 9.71. The van der Waals surface area contributed by atoms with Gasteiger partial charge >= 0.3 is 5.97 Å². The lowest BCUT2D eigenvalue weighted by Gasteiger charge is -2.06. The minimum atomic E-state index is -0.765. The number of halogens is 3. The van der Waals surface area contributed by atoms with Crippen molar-refractivity contribution < 1.29 is 18.7 Å². The standard InChI is InChI=1S/C15H8Cl3NO4/c1-21-15(20)8(7-19)4-9-2-3-14(22-9)23-13-6-11(17)10(16)5-12(13)18/h2-6H,1H3. The number of hydrogen-bond acceptors (Lipinski definition) is 5. The van der Waals surface area contributed by atoms with Gasteiger partial charge in [-0.05, 0) is 12.1 Å². The van der Waals surface area contributed by atoms with Crippen molar-refractivity contribution in [2.24, 2.45) is 0 Å². The van der Waals surface area contributed by atoms with Crippen LogP contribution in [0.1, 0.15) is 5.76 Å². The molecule has 0 aliphatic rings. The van der Waals surface area contributed by atoms with Crippen LogP contribution in [0.3, 0.4) is 0 Å². The molecule has 1 heterocycles. The van der Waals surface area contributed by atoms with E-state index < -0.39 is 5.97 Å². The number of methoxy groups -OCH3 is 1. The topological polar surface area (TPSA) is 72.5 Å². The molecule has 0 aliphatic carbocycles. The smallest absolute Gasteiger partial charge is 0.348 e. The number of ether oxygens (including phenoxy) is 2. The van der Waals surface area contributed by atoms with Crippen LogP contribution in [0.15, 0.2) is 34.3 Å². The molecule has 8 heteroatoms. The molecule has 0 fully saturated rings. The van der Waals surface area contributed by atoms with E-state index in [4.69, 9.17) is 49.2 Å². The lowest BCUT2D eigenvalue weighted by molar-refractivity contribution is -0.135. The molecule has 2 aromatic rings. The molecule has 0 radical (unpaired) electrons. The van der Waals surface area contributed by atoms with Gasteiger partial charge in [0, 0.05) is 18.2 Å². The molecule has 118 valence electrons. The first-order chi connectivity index (χ1) is 10.9. The van der Waals surface area contributed by atoms with Gasteiger partial charge in [-0.25, -0.2) is 4.79 Å². The predicted octanol–water partition coefficient (Wildman–Crippen LogP) is 5.11. The van der Waals surface area contributed by atoms with Crippen LogP contribution in [0, 0.1) is 11.3 Å². The third-order valence-electron chi connectivity index (χ3n) is 2.60. The minimum Gasteiger partial charge on any atom is -0.465 e. The minimum absolute atomic E-state index is 0.0960. The number of carbonyl (C=O) groups is 1. The summed E-state index contributed by atoms with van der Waals surface area (Å²) in [4.78, 5) is 11.3. The molecule has 1 aromatic carbocycles. The molecule has 0 N–H and O–H groups in total. The first-order valence-electron chi connectivity index (χ1n) is 6.07. The van der Waals surface area contributed by atoms with Gasteiger partial charge in [0.15, 0.2) is 5.75 Å². The van der Waals surface area contributed by atoms with Gasteiger partial charge in [-0.2, -0.15) is 5.26 Å². The third kappa shape index (κ3) is 4.20. The average molecular weight is 373 g/mol. The number of esters is 1. The van der Waals surface area contributed by atoms with Gasteiger partial charge < -0.3 is 13.9 Å². The second-order valence-electron chi connectivity index (χ2n) is 4.12. The second-order valence-corrected chi connectivity index (χ2v) is 5.34. The van der Waals surface area contributed by atoms with Crippen LogP contribution in [0.4, 0.5) is 0 Å². The second kappa shape index (κ2) is 7.42. The van der Waals surface area contributed by atoms with Crippen LogP contribution in [-0.4, -0.2) is 13.1 Å². The van der Waals surface area contributed by atoms with E-state index in [1.807, 2.05) is 0 Å². The van der Waals surface area contributed by atoms with Crippen LogP contribution in [0.25, 0.3) is 6.08 Å². The van der Waals surface area contributed by atoms with E-state index in [0.29, 0.717) is 5.02 Å². The summed E-state index contributed by atoms with van der Waals surface area (Å²) in [5.41, 5.74) is -0.207. The third-order valence-corrected chi connectivity index (χ3v) is 3.62. The highest BCUT2D eigenvalue weighted by Gasteiger charge is 2.13. The quantitative estimate of drug-likeness (QED) is 0.323. The molecule has 1 aromatic heterocycles. The molecule has 0 saturated heterocycles. The van der Waals surface area contributed by atoms with E-state index in [9.17, 15) is 4.79 Å². The Hall–Kier alpha value is -2.13. The van der Waals surface area contributed by atoms with Gasteiger partial charge in [0.25, 0.3) is 5.95 Å². The Morgan fingerprint density at radius 2 is 1.91 bits per heavy atom. The van der Waals surface area contributed by atoms with Crippen molar-refractivity contribution in [2.45, 2.75) is 0 Å². The maximum absolute atomic E-state index is 11.3. The summed E-state index contributed by atoms with van der Waals surface area (Å²) in [6, 6.07) is 7.61. The van der Waals surface area contributed by atoms with Crippen LogP contribution in [-0.2, 0) is 9.53 Å². The van der Waals surface area contributed by atoms with Crippen molar-refractivity contribution in [1.29, 1.82) is 5.26 Å². The first-order valence-corrected chi connectivity index (χ1v) is 7.20. The van der Waals surface area contributed by atoms with Crippen molar-refractivity contribution in [1.82, 2.24) is 0 Å². The molecule has 0 bridgehead atoms. The van der Waals surface area contributed by atoms with Crippen LogP contribution < -0.4 is 4.74 Å². The number of benzene rings is 1. The molecule has 0 spiro atoms. The number of rotatable bonds is 4. The monoisotopic (exact) mass is 371 g/mol. The molecule has 0 saturated carbocycles. The van der Waals surface area contributed by atoms with Crippen LogP contribution in [0.2, 0.25) is 15.1 Å². The van der Waals surface area contributed by atoms with Gasteiger partial charge in [0.05, 0.1) is 22.2 Å². The number of nitrogens with zero attached hydrogens (tertiary/aromatic N) is 1. The molecule has 2 rings (SSSR count). The fourth-order valence-electron chi connectivity index (χ4n) is 1.55. The summed E-state index contributed by atoms with van der Waals surface area (Å²) in [6.07, 6.45) is 1.23. The zero-order chi connectivity index (χ0) is 17.0. The fourth-order valence-corrected chi connectivity index (χ4v) is 2.12. The summed E-state index contributed by atoms with van der Waals surface area (Å²) < 4.78 is 15.3. The maximum Gasteiger partial charge on any atom is 0.348 e. The molecular weight excluding hydrogens is 365 g/mol. The normalized spacial score (nSPS) is 11.0. The van der Waals surface area contributed by atoms with E-state index >= 15 is 0 Å². The maximum atomic E-state index is 11.3.